The van der Waals surface area contributed by atoms with Gasteiger partial charge < -0.3 is 35.3 Å². The van der Waals surface area contributed by atoms with Crippen LogP contribution in [-0.2, 0) is 4.79 Å². The van der Waals surface area contributed by atoms with Gasteiger partial charge in [-0.1, -0.05) is 11.6 Å². The van der Waals surface area contributed by atoms with Crippen LogP contribution in [0.1, 0.15) is 31.2 Å². The summed E-state index contributed by atoms with van der Waals surface area (Å²) in [5.41, 5.74) is 1.39. The molecule has 35 heavy (non-hydrogen) atoms. The van der Waals surface area contributed by atoms with Gasteiger partial charge in [0, 0.05) is 25.2 Å². The van der Waals surface area contributed by atoms with E-state index < -0.39 is 5.97 Å². The smallest absolute Gasteiger partial charge is 0.320 e. The second kappa shape index (κ2) is 12.8. The van der Waals surface area contributed by atoms with Gasteiger partial charge in [0.05, 0.1) is 35.4 Å². The van der Waals surface area contributed by atoms with Gasteiger partial charge in [-0.25, -0.2) is 0 Å². The van der Waals surface area contributed by atoms with Gasteiger partial charge in [-0.05, 0) is 45.0 Å². The number of aromatic hydroxyl groups is 1. The van der Waals surface area contributed by atoms with Crippen molar-refractivity contribution in [3.8, 4) is 17.6 Å². The predicted molar refractivity (Wildman–Crippen MR) is 135 cm³/mol. The number of nitrogens with one attached hydrogen (secondary N) is 3. The Morgan fingerprint density at radius 2 is 2.09 bits per heavy atom. The lowest BCUT2D eigenvalue weighted by atomic mass is 10.2. The monoisotopic (exact) mass is 504 g/mol. The summed E-state index contributed by atoms with van der Waals surface area (Å²) < 4.78 is 10.9. The van der Waals surface area contributed by atoms with E-state index in [1.807, 2.05) is 7.05 Å². The van der Waals surface area contributed by atoms with Crippen molar-refractivity contribution in [1.82, 2.24) is 20.3 Å². The lowest BCUT2D eigenvalue weighted by molar-refractivity contribution is -0.137. The molecule has 12 heteroatoms. The maximum atomic E-state index is 10.6. The third kappa shape index (κ3) is 7.20. The van der Waals surface area contributed by atoms with Crippen molar-refractivity contribution >= 4 is 46.3 Å². The molecule has 0 aliphatic carbocycles. The van der Waals surface area contributed by atoms with Crippen LogP contribution in [0.3, 0.4) is 0 Å². The lowest BCUT2D eigenvalue weighted by Crippen LogP contribution is -2.13. The van der Waals surface area contributed by atoms with Crippen LogP contribution < -0.4 is 20.1 Å². The van der Waals surface area contributed by atoms with Gasteiger partial charge >= 0.3 is 12.0 Å². The van der Waals surface area contributed by atoms with Gasteiger partial charge in [-0.3, -0.25) is 9.79 Å². The number of rotatable bonds is 14. The van der Waals surface area contributed by atoms with Crippen molar-refractivity contribution in [3.05, 3.63) is 28.8 Å². The summed E-state index contributed by atoms with van der Waals surface area (Å²) in [5, 5.41) is 26.6. The molecule has 0 atom stereocenters. The molecule has 3 aromatic rings. The van der Waals surface area contributed by atoms with Crippen LogP contribution in [0.4, 0.5) is 11.5 Å². The van der Waals surface area contributed by atoms with Gasteiger partial charge in [-0.2, -0.15) is 9.97 Å². The number of anilines is 1. The van der Waals surface area contributed by atoms with Crippen molar-refractivity contribution in [2.24, 2.45) is 4.99 Å². The van der Waals surface area contributed by atoms with Crippen molar-refractivity contribution in [2.75, 3.05) is 39.2 Å². The minimum absolute atomic E-state index is 0.0947. The van der Waals surface area contributed by atoms with Gasteiger partial charge in [-0.15, -0.1) is 0 Å². The molecule has 0 spiro atoms. The molecule has 0 bridgehead atoms. The number of nitrogens with zero attached hydrogens (tertiary/aromatic N) is 3. The Morgan fingerprint density at radius 1 is 1.26 bits per heavy atom. The molecular formula is C23H29ClN6O5. The standard InChI is InChI=1S/C23H29ClN6O5/c1-25-9-5-10-26-20-19-15(22(33)28-21(19)30-23(29-20)34-2)13-27-14-7-8-16(24)17(12-14)35-11-4-3-6-18(31)32/h7-8,12-13,25,33H,3-6,9-11H2,1-2H3,(H,31,32)(H2,26,28,29,30). The quantitative estimate of drug-likeness (QED) is 0.163. The molecule has 0 radical (unpaired) electrons. The molecule has 5 N–H and O–H groups in total. The first-order valence-corrected chi connectivity index (χ1v) is 11.5. The number of aromatic nitrogens is 3. The topological polar surface area (TPSA) is 154 Å². The SMILES string of the molecule is CNCCCNc1nc(OC)nc2[nH]c(O)c(C=Nc3ccc(Cl)c(OCCCCC(=O)O)c3)c12. The summed E-state index contributed by atoms with van der Waals surface area (Å²) in [7, 11) is 3.36. The Morgan fingerprint density at radius 3 is 2.83 bits per heavy atom. The number of H-pyrrole nitrogens is 1. The second-order valence-electron chi connectivity index (χ2n) is 7.63. The third-order valence-corrected chi connectivity index (χ3v) is 5.34. The van der Waals surface area contributed by atoms with E-state index in [1.54, 1.807) is 18.2 Å². The number of carbonyl (C=O) groups is 1. The molecule has 0 amide bonds. The van der Waals surface area contributed by atoms with Crippen molar-refractivity contribution in [3.63, 3.8) is 0 Å². The van der Waals surface area contributed by atoms with Gasteiger partial charge in [0.15, 0.2) is 5.88 Å². The van der Waals surface area contributed by atoms with Crippen LogP contribution >= 0.6 is 11.6 Å². The fourth-order valence-electron chi connectivity index (χ4n) is 3.28. The Bertz CT molecular complexity index is 1180. The molecule has 11 nitrogen and oxygen atoms in total. The van der Waals surface area contributed by atoms with E-state index in [0.717, 1.165) is 13.0 Å². The number of benzene rings is 1. The van der Waals surface area contributed by atoms with Crippen LogP contribution in [-0.4, -0.2) is 71.2 Å². The normalized spacial score (nSPS) is 11.3. The molecule has 2 heterocycles. The number of carboxylic acids is 1. The minimum Gasteiger partial charge on any atom is -0.494 e. The largest absolute Gasteiger partial charge is 0.494 e. The van der Waals surface area contributed by atoms with Crippen molar-refractivity contribution < 1.29 is 24.5 Å². The van der Waals surface area contributed by atoms with Crippen LogP contribution in [0.25, 0.3) is 11.0 Å². The molecule has 1 aromatic carbocycles. The summed E-state index contributed by atoms with van der Waals surface area (Å²) in [5.74, 6) is 0.0238. The lowest BCUT2D eigenvalue weighted by Gasteiger charge is -2.09. The molecule has 0 saturated carbocycles. The Kier molecular flexibility index (Phi) is 9.50. The number of hydrogen-bond acceptors (Lipinski definition) is 9. The van der Waals surface area contributed by atoms with Crippen LogP contribution in [0.15, 0.2) is 23.2 Å². The summed E-state index contributed by atoms with van der Waals surface area (Å²) in [4.78, 5) is 26.6. The number of methoxy groups -OCH3 is 1. The average molecular weight is 505 g/mol. The zero-order valence-electron chi connectivity index (χ0n) is 19.6. The zero-order valence-corrected chi connectivity index (χ0v) is 20.4. The number of hydrogen-bond donors (Lipinski definition) is 5. The number of aliphatic imine (C=N–C) groups is 1. The van der Waals surface area contributed by atoms with E-state index in [4.69, 9.17) is 26.2 Å². The van der Waals surface area contributed by atoms with Crippen molar-refractivity contribution in [1.29, 1.82) is 0 Å². The first-order valence-electron chi connectivity index (χ1n) is 11.2. The summed E-state index contributed by atoms with van der Waals surface area (Å²) in [6.45, 7) is 1.83. The molecular weight excluding hydrogens is 476 g/mol. The fraction of sp³-hybridized carbons (Fsp3) is 0.391. The molecule has 3 rings (SSSR count). The number of ether oxygens (including phenoxy) is 2. The van der Waals surface area contributed by atoms with Crippen molar-refractivity contribution in [2.45, 2.75) is 25.7 Å². The minimum atomic E-state index is -0.833. The Balaban J connectivity index is 1.81. The van der Waals surface area contributed by atoms with E-state index in [2.05, 4.69) is 30.6 Å². The molecule has 2 aromatic heterocycles. The summed E-state index contributed by atoms with van der Waals surface area (Å²) >= 11 is 6.23. The second-order valence-corrected chi connectivity index (χ2v) is 8.03. The molecule has 0 fully saturated rings. The molecule has 0 aliphatic heterocycles. The zero-order chi connectivity index (χ0) is 25.2. The maximum Gasteiger partial charge on any atom is 0.320 e. The third-order valence-electron chi connectivity index (χ3n) is 5.03. The van der Waals surface area contributed by atoms with E-state index in [0.29, 0.717) is 64.9 Å². The number of fused-ring (bicyclic) bond motifs is 1. The highest BCUT2D eigenvalue weighted by atomic mass is 35.5. The van der Waals surface area contributed by atoms with Crippen LogP contribution in [0, 0.1) is 0 Å². The highest BCUT2D eigenvalue weighted by Crippen LogP contribution is 2.33. The van der Waals surface area contributed by atoms with Crippen LogP contribution in [0.5, 0.6) is 17.6 Å². The predicted octanol–water partition coefficient (Wildman–Crippen LogP) is 3.73. The average Bonchev–Trinajstić information content (AvgIpc) is 3.16. The number of aliphatic carboxylic acids is 1. The molecule has 188 valence electrons. The first kappa shape index (κ1) is 26.0. The number of unbranched alkanes of at least 4 members (excludes halogenated alkanes) is 1. The highest BCUT2D eigenvalue weighted by Gasteiger charge is 2.18. The highest BCUT2D eigenvalue weighted by molar-refractivity contribution is 6.32. The van der Waals surface area contributed by atoms with Gasteiger partial charge in [0.1, 0.15) is 17.2 Å². The molecule has 0 saturated heterocycles. The van der Waals surface area contributed by atoms with E-state index in [1.165, 1.54) is 13.3 Å². The summed E-state index contributed by atoms with van der Waals surface area (Å²) in [6.07, 6.45) is 3.59. The van der Waals surface area contributed by atoms with Gasteiger partial charge in [0.25, 0.3) is 0 Å². The van der Waals surface area contributed by atoms with E-state index >= 15 is 0 Å². The Hall–Kier alpha value is -3.57. The maximum absolute atomic E-state index is 10.6. The molecule has 0 aliphatic rings. The number of carboxylic acid groups (broad SMARTS) is 1. The van der Waals surface area contributed by atoms with Crippen LogP contribution in [0.2, 0.25) is 5.02 Å². The number of halogens is 1. The fourth-order valence-corrected chi connectivity index (χ4v) is 3.46. The van der Waals surface area contributed by atoms with Gasteiger partial charge in [0.2, 0.25) is 0 Å². The van der Waals surface area contributed by atoms with E-state index in [9.17, 15) is 9.90 Å². The number of aromatic amines is 1. The Labute approximate surface area is 207 Å². The molecule has 0 unspecified atom stereocenters. The summed E-state index contributed by atoms with van der Waals surface area (Å²) in [6, 6.07) is 5.23. The van der Waals surface area contributed by atoms with E-state index in [-0.39, 0.29) is 18.3 Å². The first-order chi connectivity index (χ1) is 16.9.